The van der Waals surface area contributed by atoms with E-state index in [-0.39, 0.29) is 17.3 Å². The van der Waals surface area contributed by atoms with Crippen molar-refractivity contribution >= 4 is 21.7 Å². The van der Waals surface area contributed by atoms with Crippen LogP contribution in [0.5, 0.6) is 0 Å². The van der Waals surface area contributed by atoms with Crippen molar-refractivity contribution in [2.45, 2.75) is 43.9 Å². The van der Waals surface area contributed by atoms with Gasteiger partial charge in [0.1, 0.15) is 11.5 Å². The lowest BCUT2D eigenvalue weighted by molar-refractivity contribution is -0.145. The van der Waals surface area contributed by atoms with Gasteiger partial charge in [0.05, 0.1) is 11.5 Å². The minimum Gasteiger partial charge on any atom is -0.481 e. The zero-order chi connectivity index (χ0) is 17.3. The molecule has 0 radical (unpaired) electrons. The first kappa shape index (κ1) is 17.5. The Morgan fingerprint density at radius 2 is 2.09 bits per heavy atom. The number of hydrogen-bond acceptors (Lipinski definition) is 5. The minimum atomic E-state index is -3.25. The quantitative estimate of drug-likeness (QED) is 0.839. The first-order valence-corrected chi connectivity index (χ1v) is 9.48. The smallest absolute Gasteiger partial charge is 0.308 e. The fourth-order valence-corrected chi connectivity index (χ4v) is 3.71. The monoisotopic (exact) mass is 343 g/mol. The number of carboxylic acid groups (broad SMARTS) is 1. The molecule has 2 atom stereocenters. The summed E-state index contributed by atoms with van der Waals surface area (Å²) in [4.78, 5) is 23.7. The number of sulfone groups is 1. The molecule has 1 saturated carbocycles. The molecule has 0 unspecified atom stereocenters. The van der Waals surface area contributed by atoms with Gasteiger partial charge in [-0.15, -0.1) is 0 Å². The summed E-state index contributed by atoms with van der Waals surface area (Å²) in [6.45, 7) is 1.73. The van der Waals surface area contributed by atoms with Gasteiger partial charge in [-0.2, -0.15) is 0 Å². The van der Waals surface area contributed by atoms with Crippen molar-refractivity contribution in [2.75, 3.05) is 6.26 Å². The van der Waals surface area contributed by atoms with Crippen LogP contribution in [0.4, 0.5) is 0 Å². The molecule has 1 aromatic rings. The van der Waals surface area contributed by atoms with E-state index in [1.54, 1.807) is 6.92 Å². The molecule has 1 aromatic heterocycles. The Kier molecular flexibility index (Phi) is 4.84. The largest absolute Gasteiger partial charge is 0.481 e. The molecule has 0 spiro atoms. The van der Waals surface area contributed by atoms with Crippen LogP contribution in [0, 0.1) is 5.92 Å². The van der Waals surface area contributed by atoms with E-state index in [0.29, 0.717) is 12.8 Å². The molecule has 1 aliphatic carbocycles. The Bertz CT molecular complexity index is 707. The lowest BCUT2D eigenvalue weighted by Gasteiger charge is -2.39. The number of furan rings is 1. The van der Waals surface area contributed by atoms with E-state index < -0.39 is 33.2 Å². The molecule has 128 valence electrons. The van der Waals surface area contributed by atoms with Crippen molar-refractivity contribution in [1.82, 2.24) is 5.32 Å². The van der Waals surface area contributed by atoms with Crippen molar-refractivity contribution < 1.29 is 27.5 Å². The van der Waals surface area contributed by atoms with Gasteiger partial charge < -0.3 is 14.8 Å². The first-order chi connectivity index (χ1) is 10.6. The Balaban J connectivity index is 2.13. The van der Waals surface area contributed by atoms with Gasteiger partial charge in [0.15, 0.2) is 15.6 Å². The number of carbonyl (C=O) groups excluding carboxylic acids is 1. The molecule has 1 fully saturated rings. The number of rotatable bonds is 5. The van der Waals surface area contributed by atoms with Crippen molar-refractivity contribution in [2.24, 2.45) is 5.92 Å². The van der Waals surface area contributed by atoms with Crippen LogP contribution < -0.4 is 5.32 Å². The van der Waals surface area contributed by atoms with Gasteiger partial charge in [0.25, 0.3) is 5.91 Å². The average molecular weight is 343 g/mol. The summed E-state index contributed by atoms with van der Waals surface area (Å²) in [5, 5.41) is 12.1. The summed E-state index contributed by atoms with van der Waals surface area (Å²) in [7, 11) is -3.25. The molecule has 7 nitrogen and oxygen atoms in total. The summed E-state index contributed by atoms with van der Waals surface area (Å²) >= 11 is 0. The Morgan fingerprint density at radius 3 is 2.70 bits per heavy atom. The lowest BCUT2D eigenvalue weighted by atomic mass is 9.74. The van der Waals surface area contributed by atoms with Crippen LogP contribution in [0.2, 0.25) is 0 Å². The van der Waals surface area contributed by atoms with E-state index >= 15 is 0 Å². The van der Waals surface area contributed by atoms with Crippen molar-refractivity contribution in [3.05, 3.63) is 23.7 Å². The molecule has 1 heterocycles. The molecular formula is C15H21NO6S. The summed E-state index contributed by atoms with van der Waals surface area (Å²) in [5.74, 6) is -2.22. The maximum atomic E-state index is 12.3. The van der Waals surface area contributed by atoms with Crippen LogP contribution in [-0.4, -0.2) is 37.2 Å². The zero-order valence-electron chi connectivity index (χ0n) is 13.2. The van der Waals surface area contributed by atoms with E-state index in [4.69, 9.17) is 4.42 Å². The van der Waals surface area contributed by atoms with Crippen LogP contribution in [0.15, 0.2) is 16.5 Å². The van der Waals surface area contributed by atoms with Crippen molar-refractivity contribution in [3.8, 4) is 0 Å². The predicted octanol–water partition coefficient (Wildman–Crippen LogP) is 1.59. The highest BCUT2D eigenvalue weighted by atomic mass is 32.2. The highest BCUT2D eigenvalue weighted by Gasteiger charge is 2.42. The van der Waals surface area contributed by atoms with Gasteiger partial charge in [-0.05, 0) is 31.9 Å². The SMILES string of the molecule is C[C@@]1(NC(=O)c2ccc(CS(C)(=O)=O)o2)CCCC[C@H]1C(=O)O. The number of carboxylic acids is 1. The number of hydrogen-bond donors (Lipinski definition) is 2. The van der Waals surface area contributed by atoms with Crippen molar-refractivity contribution in [3.63, 3.8) is 0 Å². The second kappa shape index (κ2) is 6.35. The third kappa shape index (κ3) is 4.34. The number of nitrogens with one attached hydrogen (secondary N) is 1. The number of amides is 1. The third-order valence-electron chi connectivity index (χ3n) is 4.20. The van der Waals surface area contributed by atoms with E-state index in [1.807, 2.05) is 0 Å². The van der Waals surface area contributed by atoms with Gasteiger partial charge in [0, 0.05) is 6.26 Å². The molecule has 0 aromatic carbocycles. The summed E-state index contributed by atoms with van der Waals surface area (Å²) < 4.78 is 27.7. The standard InChI is InChI=1S/C15H21NO6S/c1-15(8-4-3-5-11(15)14(18)19)16-13(17)12-7-6-10(22-12)9-23(2,20)21/h6-7,11H,3-5,8-9H2,1-2H3,(H,16,17)(H,18,19)/t11-,15+/m0/s1. The summed E-state index contributed by atoms with van der Waals surface area (Å²) in [6.07, 6.45) is 3.84. The summed E-state index contributed by atoms with van der Waals surface area (Å²) in [5.41, 5.74) is -0.842. The number of aliphatic carboxylic acids is 1. The highest BCUT2D eigenvalue weighted by Crippen LogP contribution is 2.34. The molecular weight excluding hydrogens is 322 g/mol. The van der Waals surface area contributed by atoms with E-state index in [0.717, 1.165) is 19.1 Å². The van der Waals surface area contributed by atoms with E-state index in [9.17, 15) is 23.1 Å². The molecule has 2 rings (SSSR count). The number of carbonyl (C=O) groups is 2. The van der Waals surface area contributed by atoms with Gasteiger partial charge in [-0.3, -0.25) is 9.59 Å². The molecule has 1 aliphatic rings. The van der Waals surface area contributed by atoms with Crippen LogP contribution in [-0.2, 0) is 20.4 Å². The normalized spacial score (nSPS) is 25.0. The highest BCUT2D eigenvalue weighted by molar-refractivity contribution is 7.89. The van der Waals surface area contributed by atoms with Crippen molar-refractivity contribution in [1.29, 1.82) is 0 Å². The fraction of sp³-hybridized carbons (Fsp3) is 0.600. The lowest BCUT2D eigenvalue weighted by Crippen LogP contribution is -2.55. The second-order valence-electron chi connectivity index (χ2n) is 6.34. The van der Waals surface area contributed by atoms with Gasteiger partial charge >= 0.3 is 5.97 Å². The zero-order valence-corrected chi connectivity index (χ0v) is 14.0. The molecule has 23 heavy (non-hydrogen) atoms. The van der Waals surface area contributed by atoms with Crippen LogP contribution in [0.1, 0.15) is 48.9 Å². The second-order valence-corrected chi connectivity index (χ2v) is 8.48. The Labute approximate surface area is 135 Å². The molecule has 0 bridgehead atoms. The minimum absolute atomic E-state index is 0.0143. The molecule has 2 N–H and O–H groups in total. The first-order valence-electron chi connectivity index (χ1n) is 7.42. The topological polar surface area (TPSA) is 114 Å². The molecule has 8 heteroatoms. The molecule has 0 aliphatic heterocycles. The summed E-state index contributed by atoms with van der Waals surface area (Å²) in [6, 6.07) is 2.84. The Morgan fingerprint density at radius 1 is 1.39 bits per heavy atom. The molecule has 0 saturated heterocycles. The van der Waals surface area contributed by atoms with Gasteiger partial charge in [-0.1, -0.05) is 12.8 Å². The predicted molar refractivity (Wildman–Crippen MR) is 82.7 cm³/mol. The maximum Gasteiger partial charge on any atom is 0.308 e. The average Bonchev–Trinajstić information content (AvgIpc) is 2.84. The van der Waals surface area contributed by atoms with E-state index in [1.165, 1.54) is 12.1 Å². The third-order valence-corrected chi connectivity index (χ3v) is 5.00. The van der Waals surface area contributed by atoms with Gasteiger partial charge in [0.2, 0.25) is 0 Å². The van der Waals surface area contributed by atoms with E-state index in [2.05, 4.69) is 5.32 Å². The Hall–Kier alpha value is -1.83. The van der Waals surface area contributed by atoms with Gasteiger partial charge in [-0.25, -0.2) is 8.42 Å². The van der Waals surface area contributed by atoms with Crippen LogP contribution in [0.3, 0.4) is 0 Å². The maximum absolute atomic E-state index is 12.3. The fourth-order valence-electron chi connectivity index (χ4n) is 3.04. The molecule has 1 amide bonds. The van der Waals surface area contributed by atoms with Crippen LogP contribution in [0.25, 0.3) is 0 Å². The van der Waals surface area contributed by atoms with Crippen LogP contribution >= 0.6 is 0 Å².